The van der Waals surface area contributed by atoms with Crippen LogP contribution < -0.4 is 5.32 Å². The molecule has 3 aromatic rings. The van der Waals surface area contributed by atoms with Crippen LogP contribution in [0.15, 0.2) is 18.2 Å². The molecule has 0 spiro atoms. The molecule has 0 bridgehead atoms. The molecular weight excluding hydrogens is 342 g/mol. The topological polar surface area (TPSA) is 54.9 Å². The number of carbonyl (C=O) groups excluding carboxylic acids is 1. The predicted molar refractivity (Wildman–Crippen MR) is 109 cm³/mol. The fourth-order valence-corrected chi connectivity index (χ4v) is 4.15. The zero-order valence-electron chi connectivity index (χ0n) is 16.4. The number of anilines is 1. The van der Waals surface area contributed by atoms with E-state index >= 15 is 0 Å². The Morgan fingerprint density at radius 1 is 1.08 bits per heavy atom. The first-order valence-corrected chi connectivity index (χ1v) is 9.56. The van der Waals surface area contributed by atoms with Crippen molar-refractivity contribution < 1.29 is 4.79 Å². The third-order valence-electron chi connectivity index (χ3n) is 4.48. The number of benzene rings is 1. The van der Waals surface area contributed by atoms with Crippen molar-refractivity contribution in [1.29, 1.82) is 0 Å². The fraction of sp³-hybridized carbons (Fsp3) is 0.381. The molecule has 0 atom stereocenters. The van der Waals surface area contributed by atoms with Crippen LogP contribution in [-0.2, 0) is 5.41 Å². The summed E-state index contributed by atoms with van der Waals surface area (Å²) in [6, 6.07) is 6.03. The predicted octanol–water partition coefficient (Wildman–Crippen LogP) is 5.47. The first-order valence-electron chi connectivity index (χ1n) is 8.74. The first kappa shape index (κ1) is 18.5. The SMILES string of the molecule is Cc1ccc(NC(=O)c2sc3nc(C(C)(C)C)nc(C)c3c2C)c(C)c1. The second-order valence-electron chi connectivity index (χ2n) is 7.89. The van der Waals surface area contributed by atoms with Crippen molar-refractivity contribution in [3.63, 3.8) is 0 Å². The molecule has 1 aromatic carbocycles. The lowest BCUT2D eigenvalue weighted by Gasteiger charge is -2.16. The number of aromatic nitrogens is 2. The summed E-state index contributed by atoms with van der Waals surface area (Å²) >= 11 is 1.44. The smallest absolute Gasteiger partial charge is 0.266 e. The molecule has 5 heteroatoms. The van der Waals surface area contributed by atoms with E-state index < -0.39 is 0 Å². The maximum atomic E-state index is 12.9. The van der Waals surface area contributed by atoms with E-state index in [9.17, 15) is 4.79 Å². The number of thiophene rings is 1. The third kappa shape index (κ3) is 3.36. The molecule has 0 aliphatic heterocycles. The zero-order valence-corrected chi connectivity index (χ0v) is 17.3. The summed E-state index contributed by atoms with van der Waals surface area (Å²) in [7, 11) is 0. The highest BCUT2D eigenvalue weighted by Crippen LogP contribution is 2.33. The van der Waals surface area contributed by atoms with Gasteiger partial charge in [-0.05, 0) is 44.9 Å². The van der Waals surface area contributed by atoms with Crippen LogP contribution in [-0.4, -0.2) is 15.9 Å². The van der Waals surface area contributed by atoms with E-state index in [1.54, 1.807) is 0 Å². The maximum absolute atomic E-state index is 12.9. The van der Waals surface area contributed by atoms with E-state index in [4.69, 9.17) is 4.98 Å². The number of fused-ring (bicyclic) bond motifs is 1. The summed E-state index contributed by atoms with van der Waals surface area (Å²) in [5, 5.41) is 4.04. The van der Waals surface area contributed by atoms with E-state index in [-0.39, 0.29) is 11.3 Å². The molecular formula is C21H25N3OS. The number of nitrogens with one attached hydrogen (secondary N) is 1. The van der Waals surface area contributed by atoms with Gasteiger partial charge in [-0.1, -0.05) is 38.5 Å². The minimum Gasteiger partial charge on any atom is -0.321 e. The van der Waals surface area contributed by atoms with Crippen LogP contribution in [0.25, 0.3) is 10.2 Å². The van der Waals surface area contributed by atoms with Gasteiger partial charge >= 0.3 is 0 Å². The Bertz CT molecular complexity index is 1010. The van der Waals surface area contributed by atoms with Gasteiger partial charge in [-0.2, -0.15) is 0 Å². The summed E-state index contributed by atoms with van der Waals surface area (Å²) < 4.78 is 0. The van der Waals surface area contributed by atoms with E-state index in [0.29, 0.717) is 4.88 Å². The van der Waals surface area contributed by atoms with E-state index in [1.165, 1.54) is 16.9 Å². The van der Waals surface area contributed by atoms with Gasteiger partial charge in [0.05, 0.1) is 10.6 Å². The number of rotatable bonds is 2. The molecule has 0 saturated carbocycles. The Balaban J connectivity index is 2.03. The lowest BCUT2D eigenvalue weighted by molar-refractivity contribution is 0.103. The van der Waals surface area contributed by atoms with Crippen molar-refractivity contribution in [2.75, 3.05) is 5.32 Å². The monoisotopic (exact) mass is 367 g/mol. The zero-order chi connectivity index (χ0) is 19.2. The average Bonchev–Trinajstić information content (AvgIpc) is 2.87. The summed E-state index contributed by atoms with van der Waals surface area (Å²) in [4.78, 5) is 23.9. The first-order chi connectivity index (χ1) is 12.1. The van der Waals surface area contributed by atoms with Crippen LogP contribution in [0.1, 0.15) is 58.7 Å². The fourth-order valence-electron chi connectivity index (χ4n) is 3.02. The molecule has 3 rings (SSSR count). The number of aryl methyl sites for hydroxylation is 4. The van der Waals surface area contributed by atoms with Gasteiger partial charge < -0.3 is 5.32 Å². The molecule has 0 aliphatic carbocycles. The number of hydrogen-bond donors (Lipinski definition) is 1. The molecule has 0 aliphatic rings. The molecule has 1 N–H and O–H groups in total. The number of hydrogen-bond acceptors (Lipinski definition) is 4. The van der Waals surface area contributed by atoms with Gasteiger partial charge in [0.25, 0.3) is 5.91 Å². The second-order valence-corrected chi connectivity index (χ2v) is 8.89. The lowest BCUT2D eigenvalue weighted by Crippen LogP contribution is -2.16. The standard InChI is InChI=1S/C21H25N3OS/c1-11-8-9-15(12(2)10-11)23-18(25)17-13(3)16-14(4)22-20(21(5,6)7)24-19(16)26-17/h8-10H,1-7H3,(H,23,25). The molecule has 136 valence electrons. The number of amides is 1. The van der Waals surface area contributed by atoms with Crippen LogP contribution >= 0.6 is 11.3 Å². The Labute approximate surface area is 158 Å². The third-order valence-corrected chi connectivity index (χ3v) is 5.66. The van der Waals surface area contributed by atoms with Crippen LogP contribution in [0.2, 0.25) is 0 Å². The van der Waals surface area contributed by atoms with Crippen molar-refractivity contribution in [2.24, 2.45) is 0 Å². The van der Waals surface area contributed by atoms with Crippen molar-refractivity contribution in [3.8, 4) is 0 Å². The van der Waals surface area contributed by atoms with Crippen LogP contribution in [0.4, 0.5) is 5.69 Å². The normalized spacial score (nSPS) is 11.8. The van der Waals surface area contributed by atoms with E-state index in [2.05, 4.69) is 37.1 Å². The number of carbonyl (C=O) groups is 1. The molecule has 2 heterocycles. The molecule has 0 radical (unpaired) electrons. The average molecular weight is 368 g/mol. The lowest BCUT2D eigenvalue weighted by atomic mass is 9.95. The highest BCUT2D eigenvalue weighted by molar-refractivity contribution is 7.20. The van der Waals surface area contributed by atoms with Gasteiger partial charge in [0, 0.05) is 16.5 Å². The quantitative estimate of drug-likeness (QED) is 0.653. The largest absolute Gasteiger partial charge is 0.321 e. The summed E-state index contributed by atoms with van der Waals surface area (Å²) in [5.74, 6) is 0.722. The highest BCUT2D eigenvalue weighted by atomic mass is 32.1. The van der Waals surface area contributed by atoms with Crippen molar-refractivity contribution in [1.82, 2.24) is 9.97 Å². The highest BCUT2D eigenvalue weighted by Gasteiger charge is 2.23. The van der Waals surface area contributed by atoms with Crippen LogP contribution in [0, 0.1) is 27.7 Å². The Kier molecular flexibility index (Phi) is 4.61. The van der Waals surface area contributed by atoms with Crippen LogP contribution in [0.5, 0.6) is 0 Å². The summed E-state index contributed by atoms with van der Waals surface area (Å²) in [6.07, 6.45) is 0. The molecule has 0 fully saturated rings. The van der Waals surface area contributed by atoms with E-state index in [1.807, 2.05) is 39.8 Å². The van der Waals surface area contributed by atoms with Gasteiger partial charge in [0.1, 0.15) is 10.7 Å². The minimum atomic E-state index is -0.127. The van der Waals surface area contributed by atoms with Gasteiger partial charge in [-0.15, -0.1) is 11.3 Å². The summed E-state index contributed by atoms with van der Waals surface area (Å²) in [5.41, 5.74) is 4.83. The maximum Gasteiger partial charge on any atom is 0.266 e. The van der Waals surface area contributed by atoms with Crippen molar-refractivity contribution in [3.05, 3.63) is 51.3 Å². The van der Waals surface area contributed by atoms with Gasteiger partial charge in [0.2, 0.25) is 0 Å². The van der Waals surface area contributed by atoms with Gasteiger partial charge in [-0.3, -0.25) is 4.79 Å². The van der Waals surface area contributed by atoms with Crippen molar-refractivity contribution >= 4 is 33.1 Å². The van der Waals surface area contributed by atoms with Crippen molar-refractivity contribution in [2.45, 2.75) is 53.9 Å². The van der Waals surface area contributed by atoms with E-state index in [0.717, 1.165) is 38.5 Å². The molecule has 0 saturated heterocycles. The Morgan fingerprint density at radius 3 is 2.38 bits per heavy atom. The molecule has 2 aromatic heterocycles. The molecule has 0 unspecified atom stereocenters. The van der Waals surface area contributed by atoms with Crippen LogP contribution in [0.3, 0.4) is 0 Å². The molecule has 4 nitrogen and oxygen atoms in total. The summed E-state index contributed by atoms with van der Waals surface area (Å²) in [6.45, 7) is 14.3. The van der Waals surface area contributed by atoms with Gasteiger partial charge in [0.15, 0.2) is 0 Å². The molecule has 26 heavy (non-hydrogen) atoms. The Morgan fingerprint density at radius 2 is 1.77 bits per heavy atom. The molecule has 1 amide bonds. The number of nitrogens with zero attached hydrogens (tertiary/aromatic N) is 2. The Hall–Kier alpha value is -2.27. The van der Waals surface area contributed by atoms with Gasteiger partial charge in [-0.25, -0.2) is 9.97 Å². The minimum absolute atomic E-state index is 0.0887. The second kappa shape index (κ2) is 6.47.